The fraction of sp³-hybridized carbons (Fsp3) is 0.286. The highest BCUT2D eigenvalue weighted by Crippen LogP contribution is 2.14. The second kappa shape index (κ2) is 10.2. The van der Waals surface area contributed by atoms with Crippen molar-refractivity contribution in [1.82, 2.24) is 5.32 Å². The van der Waals surface area contributed by atoms with Gasteiger partial charge < -0.3 is 15.4 Å². The fourth-order valence-electron chi connectivity index (χ4n) is 2.58. The number of hydrogen-bond donors (Lipinski definition) is 3. The number of primary sulfonamides is 1. The zero-order valence-corrected chi connectivity index (χ0v) is 18.2. The van der Waals surface area contributed by atoms with E-state index in [-0.39, 0.29) is 10.8 Å². The van der Waals surface area contributed by atoms with Crippen molar-refractivity contribution in [3.8, 4) is 0 Å². The highest BCUT2D eigenvalue weighted by atomic mass is 32.2. The number of benzene rings is 2. The second-order valence-corrected chi connectivity index (χ2v) is 8.76. The minimum Gasteiger partial charge on any atom is -0.451 e. The Hall–Kier alpha value is -3.24. The number of rotatable bonds is 8. The second-order valence-electron chi connectivity index (χ2n) is 7.20. The summed E-state index contributed by atoms with van der Waals surface area (Å²) in [6.45, 7) is 4.88. The predicted octanol–water partition coefficient (Wildman–Crippen LogP) is 1.66. The number of nitrogens with two attached hydrogens (primary N) is 1. The van der Waals surface area contributed by atoms with E-state index in [4.69, 9.17) is 9.88 Å². The zero-order chi connectivity index (χ0) is 23.2. The van der Waals surface area contributed by atoms with Gasteiger partial charge in [-0.3, -0.25) is 9.59 Å². The van der Waals surface area contributed by atoms with Gasteiger partial charge in [0.05, 0.1) is 4.90 Å². The normalized spacial score (nSPS) is 13.2. The van der Waals surface area contributed by atoms with Crippen molar-refractivity contribution < 1.29 is 27.5 Å². The summed E-state index contributed by atoms with van der Waals surface area (Å²) in [5.74, 6) is -2.07. The van der Waals surface area contributed by atoms with Crippen LogP contribution in [0.25, 0.3) is 0 Å². The molecule has 0 saturated heterocycles. The minimum absolute atomic E-state index is 0.0982. The molecule has 0 spiro atoms. The summed E-state index contributed by atoms with van der Waals surface area (Å²) < 4.78 is 27.8. The first kappa shape index (κ1) is 24.0. The lowest BCUT2D eigenvalue weighted by Crippen LogP contribution is -2.47. The molecule has 0 aliphatic carbocycles. The molecule has 0 fully saturated rings. The lowest BCUT2D eigenvalue weighted by atomic mass is 10.0. The molecule has 0 bridgehead atoms. The van der Waals surface area contributed by atoms with E-state index in [1.54, 1.807) is 44.2 Å². The maximum Gasteiger partial charge on any atom is 0.329 e. The van der Waals surface area contributed by atoms with Gasteiger partial charge in [0.25, 0.3) is 11.8 Å². The van der Waals surface area contributed by atoms with Crippen LogP contribution < -0.4 is 15.8 Å². The number of esters is 1. The van der Waals surface area contributed by atoms with Gasteiger partial charge in [0, 0.05) is 11.3 Å². The number of anilines is 1. The number of carbonyl (C=O) groups excluding carboxylic acids is 3. The Bertz CT molecular complexity index is 1040. The van der Waals surface area contributed by atoms with Crippen LogP contribution in [-0.4, -0.2) is 38.3 Å². The maximum absolute atomic E-state index is 12.6. The average Bonchev–Trinajstić information content (AvgIpc) is 2.71. The van der Waals surface area contributed by atoms with Crippen molar-refractivity contribution in [2.45, 2.75) is 37.8 Å². The Morgan fingerprint density at radius 1 is 0.935 bits per heavy atom. The number of carbonyl (C=O) groups is 3. The molecule has 9 nitrogen and oxygen atoms in total. The summed E-state index contributed by atoms with van der Waals surface area (Å²) in [6.07, 6.45) is -1.15. The zero-order valence-electron chi connectivity index (χ0n) is 17.4. The number of sulfonamides is 1. The Labute approximate surface area is 181 Å². The van der Waals surface area contributed by atoms with E-state index in [9.17, 15) is 22.8 Å². The van der Waals surface area contributed by atoms with E-state index in [0.717, 1.165) is 0 Å². The van der Waals surface area contributed by atoms with Crippen LogP contribution >= 0.6 is 0 Å². The first-order valence-electron chi connectivity index (χ1n) is 9.49. The van der Waals surface area contributed by atoms with Crippen LogP contribution in [0.15, 0.2) is 59.5 Å². The van der Waals surface area contributed by atoms with Crippen LogP contribution in [0.3, 0.4) is 0 Å². The van der Waals surface area contributed by atoms with Gasteiger partial charge in [0.2, 0.25) is 10.0 Å². The molecule has 166 valence electrons. The molecule has 0 unspecified atom stereocenters. The molecule has 2 atom stereocenters. The Kier molecular flexibility index (Phi) is 7.89. The smallest absolute Gasteiger partial charge is 0.329 e. The maximum atomic E-state index is 12.6. The van der Waals surface area contributed by atoms with E-state index < -0.39 is 40.0 Å². The highest BCUT2D eigenvalue weighted by molar-refractivity contribution is 7.89. The van der Waals surface area contributed by atoms with E-state index >= 15 is 0 Å². The van der Waals surface area contributed by atoms with Crippen molar-refractivity contribution in [2.75, 3.05) is 5.32 Å². The van der Waals surface area contributed by atoms with Crippen LogP contribution in [0.1, 0.15) is 31.1 Å². The van der Waals surface area contributed by atoms with Gasteiger partial charge in [0.1, 0.15) is 6.04 Å². The number of amides is 2. The van der Waals surface area contributed by atoms with Crippen molar-refractivity contribution in [3.05, 3.63) is 60.2 Å². The van der Waals surface area contributed by atoms with Gasteiger partial charge in [-0.2, -0.15) is 0 Å². The fourth-order valence-corrected chi connectivity index (χ4v) is 3.10. The van der Waals surface area contributed by atoms with Crippen molar-refractivity contribution in [3.63, 3.8) is 0 Å². The summed E-state index contributed by atoms with van der Waals surface area (Å²) in [5, 5.41) is 10.2. The molecular weight excluding hydrogens is 422 g/mol. The largest absolute Gasteiger partial charge is 0.451 e. The van der Waals surface area contributed by atoms with Gasteiger partial charge in [-0.1, -0.05) is 32.0 Å². The van der Waals surface area contributed by atoms with E-state index in [0.29, 0.717) is 11.3 Å². The third-order valence-corrected chi connectivity index (χ3v) is 5.28. The lowest BCUT2D eigenvalue weighted by molar-refractivity contribution is -0.156. The quantitative estimate of drug-likeness (QED) is 0.525. The summed E-state index contributed by atoms with van der Waals surface area (Å²) in [6, 6.07) is 12.7. The molecule has 10 heteroatoms. The summed E-state index contributed by atoms with van der Waals surface area (Å²) in [7, 11) is -3.84. The first-order valence-corrected chi connectivity index (χ1v) is 11.0. The monoisotopic (exact) mass is 447 g/mol. The number of ether oxygens (including phenoxy) is 1. The van der Waals surface area contributed by atoms with Crippen molar-refractivity contribution >= 4 is 33.5 Å². The third kappa shape index (κ3) is 6.90. The topological polar surface area (TPSA) is 145 Å². The van der Waals surface area contributed by atoms with Crippen molar-refractivity contribution in [1.29, 1.82) is 0 Å². The van der Waals surface area contributed by atoms with Crippen LogP contribution in [0.2, 0.25) is 0 Å². The Balaban J connectivity index is 1.99. The average molecular weight is 448 g/mol. The van der Waals surface area contributed by atoms with Gasteiger partial charge >= 0.3 is 5.97 Å². The van der Waals surface area contributed by atoms with Gasteiger partial charge in [-0.15, -0.1) is 0 Å². The summed E-state index contributed by atoms with van der Waals surface area (Å²) in [5.41, 5.74) is 0.702. The molecule has 0 aliphatic heterocycles. The molecule has 2 amide bonds. The van der Waals surface area contributed by atoms with E-state index in [1.807, 2.05) is 0 Å². The molecule has 0 saturated carbocycles. The molecular formula is C21H25N3O6S. The SMILES string of the molecule is CC(C)[C@H](NC(=O)c1ccccc1)C(=O)O[C@@H](C)C(=O)Nc1ccc(S(N)(=O)=O)cc1. The van der Waals surface area contributed by atoms with Crippen molar-refractivity contribution in [2.24, 2.45) is 11.1 Å². The molecule has 0 radical (unpaired) electrons. The lowest BCUT2D eigenvalue weighted by Gasteiger charge is -2.23. The van der Waals surface area contributed by atoms with E-state index in [2.05, 4.69) is 10.6 Å². The van der Waals surface area contributed by atoms with Gasteiger partial charge in [0.15, 0.2) is 6.10 Å². The highest BCUT2D eigenvalue weighted by Gasteiger charge is 2.29. The van der Waals surface area contributed by atoms with Crippen LogP contribution in [0, 0.1) is 5.92 Å². The standard InChI is InChI=1S/C21H25N3O6S/c1-13(2)18(24-20(26)15-7-5-4-6-8-15)21(27)30-14(3)19(25)23-16-9-11-17(12-10-16)31(22,28)29/h4-14,18H,1-3H3,(H,23,25)(H,24,26)(H2,22,28,29)/t14-,18-/m0/s1. The summed E-state index contributed by atoms with van der Waals surface area (Å²) in [4.78, 5) is 37.2. The Morgan fingerprint density at radius 2 is 1.52 bits per heavy atom. The third-order valence-electron chi connectivity index (χ3n) is 4.36. The molecule has 4 N–H and O–H groups in total. The van der Waals surface area contributed by atoms with E-state index in [1.165, 1.54) is 31.2 Å². The van der Waals surface area contributed by atoms with Crippen LogP contribution in [-0.2, 0) is 24.3 Å². The van der Waals surface area contributed by atoms with Crippen LogP contribution in [0.4, 0.5) is 5.69 Å². The molecule has 2 aromatic rings. The number of nitrogens with one attached hydrogen (secondary N) is 2. The molecule has 0 heterocycles. The van der Waals surface area contributed by atoms with Crippen LogP contribution in [0.5, 0.6) is 0 Å². The first-order chi connectivity index (χ1) is 14.5. The molecule has 0 aliphatic rings. The molecule has 31 heavy (non-hydrogen) atoms. The molecule has 0 aromatic heterocycles. The predicted molar refractivity (Wildman–Crippen MR) is 115 cm³/mol. The molecule has 2 rings (SSSR count). The Morgan fingerprint density at radius 3 is 2.03 bits per heavy atom. The molecule has 2 aromatic carbocycles. The van der Waals surface area contributed by atoms with Gasteiger partial charge in [-0.25, -0.2) is 18.4 Å². The van der Waals surface area contributed by atoms with Gasteiger partial charge in [-0.05, 0) is 49.2 Å². The number of hydrogen-bond acceptors (Lipinski definition) is 6. The minimum atomic E-state index is -3.84. The summed E-state index contributed by atoms with van der Waals surface area (Å²) >= 11 is 0.